The molecule has 1 fully saturated rings. The Morgan fingerprint density at radius 1 is 1.00 bits per heavy atom. The molecule has 0 heterocycles. The maximum atomic E-state index is 13.3. The van der Waals surface area contributed by atoms with E-state index in [1.807, 2.05) is 49.4 Å². The van der Waals surface area contributed by atoms with E-state index in [0.29, 0.717) is 25.1 Å². The third-order valence-electron chi connectivity index (χ3n) is 6.83. The lowest BCUT2D eigenvalue weighted by Crippen LogP contribution is -2.50. The number of rotatable bonds is 12. The first-order valence-corrected chi connectivity index (χ1v) is 14.7. The highest BCUT2D eigenvalue weighted by molar-refractivity contribution is 7.92. The van der Waals surface area contributed by atoms with Crippen molar-refractivity contribution < 1.29 is 18.0 Å². The molecule has 3 rings (SSSR count). The van der Waals surface area contributed by atoms with E-state index in [2.05, 4.69) is 5.32 Å². The van der Waals surface area contributed by atoms with Crippen LogP contribution in [0.5, 0.6) is 0 Å². The number of anilines is 1. The Morgan fingerprint density at radius 3 is 2.25 bits per heavy atom. The summed E-state index contributed by atoms with van der Waals surface area (Å²) in [4.78, 5) is 28.0. The summed E-state index contributed by atoms with van der Waals surface area (Å²) in [5, 5.41) is 3.11. The van der Waals surface area contributed by atoms with Crippen molar-refractivity contribution in [2.24, 2.45) is 0 Å². The molecule has 0 aromatic heterocycles. The maximum absolute atomic E-state index is 13.3. The first-order chi connectivity index (χ1) is 17.1. The molecule has 0 spiro atoms. The minimum atomic E-state index is -3.49. The molecule has 1 aliphatic rings. The van der Waals surface area contributed by atoms with Crippen LogP contribution in [0.1, 0.15) is 56.6 Å². The Hall–Kier alpha value is -2.87. The fourth-order valence-corrected chi connectivity index (χ4v) is 5.64. The van der Waals surface area contributed by atoms with Crippen molar-refractivity contribution in [3.8, 4) is 0 Å². The second-order valence-corrected chi connectivity index (χ2v) is 11.7. The highest BCUT2D eigenvalue weighted by atomic mass is 32.2. The van der Waals surface area contributed by atoms with Gasteiger partial charge in [-0.05, 0) is 57.2 Å². The predicted molar refractivity (Wildman–Crippen MR) is 144 cm³/mol. The van der Waals surface area contributed by atoms with Crippen LogP contribution in [0, 0.1) is 6.92 Å². The van der Waals surface area contributed by atoms with Crippen LogP contribution in [0.15, 0.2) is 54.6 Å². The average molecular weight is 514 g/mol. The van der Waals surface area contributed by atoms with E-state index in [-0.39, 0.29) is 30.8 Å². The van der Waals surface area contributed by atoms with Crippen molar-refractivity contribution in [1.82, 2.24) is 10.2 Å². The fraction of sp³-hybridized carbons (Fsp3) is 0.500. The first-order valence-electron chi connectivity index (χ1n) is 12.8. The minimum Gasteiger partial charge on any atom is -0.352 e. The molecule has 36 heavy (non-hydrogen) atoms. The number of sulfonamides is 1. The standard InChI is InChI=1S/C28H39N3O4S/c1-22-15-17-26(18-16-22)31(36(3,34)35)20-9-14-27(32)30(21-19-24-10-5-4-6-11-24)23(2)28(33)29-25-12-7-8-13-25/h4-6,10-11,15-18,23,25H,7-9,12-14,19-21H2,1-3H3,(H,29,33). The average Bonchev–Trinajstić information content (AvgIpc) is 3.35. The van der Waals surface area contributed by atoms with Gasteiger partial charge in [0.25, 0.3) is 0 Å². The smallest absolute Gasteiger partial charge is 0.242 e. The second kappa shape index (κ2) is 12.9. The van der Waals surface area contributed by atoms with Crippen LogP contribution in [0.25, 0.3) is 0 Å². The molecule has 1 saturated carbocycles. The molecule has 2 aromatic carbocycles. The van der Waals surface area contributed by atoms with Crippen molar-refractivity contribution in [3.63, 3.8) is 0 Å². The first kappa shape index (κ1) is 27.7. The summed E-state index contributed by atoms with van der Waals surface area (Å²) < 4.78 is 26.2. The highest BCUT2D eigenvalue weighted by Gasteiger charge is 2.28. The molecule has 196 valence electrons. The van der Waals surface area contributed by atoms with E-state index in [0.717, 1.165) is 36.8 Å². The number of benzene rings is 2. The van der Waals surface area contributed by atoms with Gasteiger partial charge in [0.1, 0.15) is 6.04 Å². The van der Waals surface area contributed by atoms with Gasteiger partial charge < -0.3 is 10.2 Å². The molecule has 2 amide bonds. The van der Waals surface area contributed by atoms with E-state index in [1.54, 1.807) is 24.0 Å². The summed E-state index contributed by atoms with van der Waals surface area (Å²) in [6.45, 7) is 4.35. The van der Waals surface area contributed by atoms with Gasteiger partial charge >= 0.3 is 0 Å². The zero-order valence-electron chi connectivity index (χ0n) is 21.7. The molecule has 0 radical (unpaired) electrons. The van der Waals surface area contributed by atoms with Gasteiger partial charge in [-0.3, -0.25) is 13.9 Å². The van der Waals surface area contributed by atoms with Crippen molar-refractivity contribution in [2.45, 2.75) is 70.9 Å². The predicted octanol–water partition coefficient (Wildman–Crippen LogP) is 4.06. The molecule has 0 bridgehead atoms. The third-order valence-corrected chi connectivity index (χ3v) is 8.02. The summed E-state index contributed by atoms with van der Waals surface area (Å²) in [6, 6.07) is 16.8. The molecule has 0 saturated heterocycles. The number of nitrogens with zero attached hydrogens (tertiary/aromatic N) is 2. The fourth-order valence-electron chi connectivity index (χ4n) is 4.68. The number of carbonyl (C=O) groups excluding carboxylic acids is 2. The van der Waals surface area contributed by atoms with E-state index >= 15 is 0 Å². The number of nitrogens with one attached hydrogen (secondary N) is 1. The largest absolute Gasteiger partial charge is 0.352 e. The van der Waals surface area contributed by atoms with E-state index < -0.39 is 16.1 Å². The van der Waals surface area contributed by atoms with Crippen molar-refractivity contribution in [1.29, 1.82) is 0 Å². The summed E-state index contributed by atoms with van der Waals surface area (Å²) in [5.74, 6) is -0.266. The summed E-state index contributed by atoms with van der Waals surface area (Å²) >= 11 is 0. The molecule has 1 unspecified atom stereocenters. The number of aryl methyl sites for hydroxylation is 1. The SMILES string of the molecule is Cc1ccc(N(CCCC(=O)N(CCc2ccccc2)C(C)C(=O)NC2CCCC2)S(C)(=O)=O)cc1. The van der Waals surface area contributed by atoms with Crippen LogP contribution < -0.4 is 9.62 Å². The van der Waals surface area contributed by atoms with Gasteiger partial charge in [0, 0.05) is 25.6 Å². The van der Waals surface area contributed by atoms with E-state index in [4.69, 9.17) is 0 Å². The van der Waals surface area contributed by atoms with Crippen LogP contribution in [0.3, 0.4) is 0 Å². The van der Waals surface area contributed by atoms with Gasteiger partial charge in [-0.15, -0.1) is 0 Å². The molecule has 1 N–H and O–H groups in total. The Kier molecular flexibility index (Phi) is 9.93. The number of carbonyl (C=O) groups is 2. The van der Waals surface area contributed by atoms with Crippen molar-refractivity contribution in [2.75, 3.05) is 23.7 Å². The van der Waals surface area contributed by atoms with Gasteiger partial charge in [0.05, 0.1) is 11.9 Å². The Bertz CT molecular complexity index is 1100. The number of hydrogen-bond acceptors (Lipinski definition) is 4. The Balaban J connectivity index is 1.66. The zero-order valence-corrected chi connectivity index (χ0v) is 22.5. The summed E-state index contributed by atoms with van der Waals surface area (Å²) in [7, 11) is -3.49. The monoisotopic (exact) mass is 513 g/mol. The molecule has 2 aromatic rings. The Morgan fingerprint density at radius 2 is 1.64 bits per heavy atom. The summed E-state index contributed by atoms with van der Waals surface area (Å²) in [5.41, 5.74) is 2.73. The second-order valence-electron chi connectivity index (χ2n) is 9.76. The zero-order chi connectivity index (χ0) is 26.1. The van der Waals surface area contributed by atoms with Gasteiger partial charge in [-0.25, -0.2) is 8.42 Å². The number of amides is 2. The van der Waals surface area contributed by atoms with Crippen LogP contribution in [0.2, 0.25) is 0 Å². The molecule has 1 aliphatic carbocycles. The van der Waals surface area contributed by atoms with Gasteiger partial charge in [0.15, 0.2) is 0 Å². The maximum Gasteiger partial charge on any atom is 0.242 e. The topological polar surface area (TPSA) is 86.8 Å². The van der Waals surface area contributed by atoms with Gasteiger partial charge in [-0.2, -0.15) is 0 Å². The minimum absolute atomic E-state index is 0.124. The molecular formula is C28H39N3O4S. The van der Waals surface area contributed by atoms with Gasteiger partial charge in [-0.1, -0.05) is 60.9 Å². The lowest BCUT2D eigenvalue weighted by atomic mass is 10.1. The van der Waals surface area contributed by atoms with E-state index in [1.165, 1.54) is 10.6 Å². The van der Waals surface area contributed by atoms with Crippen molar-refractivity contribution >= 4 is 27.5 Å². The normalized spacial score (nSPS) is 14.9. The van der Waals surface area contributed by atoms with Crippen molar-refractivity contribution in [3.05, 3.63) is 65.7 Å². The third kappa shape index (κ3) is 8.08. The highest BCUT2D eigenvalue weighted by Crippen LogP contribution is 2.20. The van der Waals surface area contributed by atoms with Crippen LogP contribution >= 0.6 is 0 Å². The quantitative estimate of drug-likeness (QED) is 0.464. The number of hydrogen-bond donors (Lipinski definition) is 1. The molecule has 0 aliphatic heterocycles. The van der Waals surface area contributed by atoms with Crippen LogP contribution in [-0.2, 0) is 26.0 Å². The van der Waals surface area contributed by atoms with Crippen LogP contribution in [-0.4, -0.2) is 56.6 Å². The lowest BCUT2D eigenvalue weighted by molar-refractivity contribution is -0.140. The molecule has 7 nitrogen and oxygen atoms in total. The summed E-state index contributed by atoms with van der Waals surface area (Å²) in [6.07, 6.45) is 6.55. The molecule has 1 atom stereocenters. The lowest BCUT2D eigenvalue weighted by Gasteiger charge is -2.30. The molecule has 8 heteroatoms. The van der Waals surface area contributed by atoms with E-state index in [9.17, 15) is 18.0 Å². The Labute approximate surface area is 215 Å². The molecular weight excluding hydrogens is 474 g/mol. The van der Waals surface area contributed by atoms with Crippen LogP contribution in [0.4, 0.5) is 5.69 Å². The van der Waals surface area contributed by atoms with Gasteiger partial charge in [0.2, 0.25) is 21.8 Å².